The molecule has 0 bridgehead atoms. The molecule has 3 aromatic heterocycles. The van der Waals surface area contributed by atoms with E-state index in [9.17, 15) is 4.79 Å². The van der Waals surface area contributed by atoms with Crippen LogP contribution in [-0.4, -0.2) is 49.0 Å². The van der Waals surface area contributed by atoms with E-state index in [1.54, 1.807) is 11.4 Å². The number of benzene rings is 1. The minimum Gasteiger partial charge on any atom is -0.335 e. The summed E-state index contributed by atoms with van der Waals surface area (Å²) in [5, 5.41) is 8.22. The van der Waals surface area contributed by atoms with E-state index in [0.29, 0.717) is 0 Å². The van der Waals surface area contributed by atoms with Gasteiger partial charge in [0, 0.05) is 31.4 Å². The van der Waals surface area contributed by atoms with Gasteiger partial charge in [-0.3, -0.25) is 9.78 Å². The van der Waals surface area contributed by atoms with Gasteiger partial charge < -0.3 is 10.2 Å². The molecule has 7 heteroatoms. The molecule has 2 saturated heterocycles. The van der Waals surface area contributed by atoms with E-state index in [0.717, 1.165) is 72.5 Å². The number of carbonyl (C=O) groups excluding carboxylic acids is 1. The normalized spacial score (nSPS) is 22.5. The lowest BCUT2D eigenvalue weighted by atomic mass is 9.77. The van der Waals surface area contributed by atoms with Gasteiger partial charge in [-0.15, -0.1) is 0 Å². The molecule has 2 aliphatic rings. The largest absolute Gasteiger partial charge is 0.335 e. The number of carbonyl (C=O) groups is 1. The van der Waals surface area contributed by atoms with Crippen LogP contribution in [0.3, 0.4) is 0 Å². The number of aromatic nitrogens is 4. The standard InChI is InChI=1S/C27H28N6O/c1-19(34)32-15-6-5-11-27(32)12-14-29-25(27)21-9-13-28-24(17-21)22-18-30-33-16-10-23(31-26(22)33)20-7-3-2-4-8-20/h2-4,7-10,13,16-18,25,29H,5-6,11-12,14-15H2,1H3. The summed E-state index contributed by atoms with van der Waals surface area (Å²) < 4.78 is 1.80. The molecule has 1 N–H and O–H groups in total. The number of nitrogens with zero attached hydrogens (tertiary/aromatic N) is 5. The van der Waals surface area contributed by atoms with Crippen LogP contribution in [0.4, 0.5) is 0 Å². The molecule has 0 radical (unpaired) electrons. The number of piperidine rings is 1. The van der Waals surface area contributed by atoms with Gasteiger partial charge in [0.1, 0.15) is 0 Å². The number of rotatable bonds is 3. The van der Waals surface area contributed by atoms with Gasteiger partial charge in [0.2, 0.25) is 5.91 Å². The summed E-state index contributed by atoms with van der Waals surface area (Å²) in [6.07, 6.45) is 9.88. The van der Waals surface area contributed by atoms with E-state index in [-0.39, 0.29) is 17.5 Å². The summed E-state index contributed by atoms with van der Waals surface area (Å²) in [5.41, 5.74) is 5.50. The summed E-state index contributed by atoms with van der Waals surface area (Å²) in [4.78, 5) is 24.3. The third-order valence-corrected chi connectivity index (χ3v) is 7.43. The smallest absolute Gasteiger partial charge is 0.219 e. The van der Waals surface area contributed by atoms with Crippen molar-refractivity contribution in [3.8, 4) is 22.5 Å². The van der Waals surface area contributed by atoms with Gasteiger partial charge in [0.05, 0.1) is 34.7 Å². The van der Waals surface area contributed by atoms with Gasteiger partial charge in [0.25, 0.3) is 0 Å². The highest BCUT2D eigenvalue weighted by molar-refractivity contribution is 5.77. The Labute approximate surface area is 198 Å². The van der Waals surface area contributed by atoms with Gasteiger partial charge >= 0.3 is 0 Å². The Morgan fingerprint density at radius 2 is 1.97 bits per heavy atom. The van der Waals surface area contributed by atoms with Gasteiger partial charge in [-0.2, -0.15) is 5.10 Å². The number of amides is 1. The van der Waals surface area contributed by atoms with Crippen LogP contribution >= 0.6 is 0 Å². The highest BCUT2D eigenvalue weighted by Gasteiger charge is 2.50. The van der Waals surface area contributed by atoms with Crippen LogP contribution in [0.5, 0.6) is 0 Å². The summed E-state index contributed by atoms with van der Waals surface area (Å²) in [5.74, 6) is 0.169. The third kappa shape index (κ3) is 3.39. The zero-order chi connectivity index (χ0) is 23.1. The van der Waals surface area contributed by atoms with Crippen molar-refractivity contribution in [3.63, 3.8) is 0 Å². The predicted molar refractivity (Wildman–Crippen MR) is 131 cm³/mol. The Morgan fingerprint density at radius 1 is 1.09 bits per heavy atom. The first-order valence-electron chi connectivity index (χ1n) is 12.0. The zero-order valence-electron chi connectivity index (χ0n) is 19.3. The highest BCUT2D eigenvalue weighted by atomic mass is 16.2. The number of hydrogen-bond acceptors (Lipinski definition) is 5. The fraction of sp³-hybridized carbons (Fsp3) is 0.333. The van der Waals surface area contributed by atoms with E-state index in [1.807, 2.05) is 42.9 Å². The van der Waals surface area contributed by atoms with Crippen LogP contribution in [0, 0.1) is 0 Å². The van der Waals surface area contributed by atoms with Crippen molar-refractivity contribution in [2.24, 2.45) is 0 Å². The second kappa shape index (κ2) is 8.33. The first-order valence-corrected chi connectivity index (χ1v) is 12.0. The quantitative estimate of drug-likeness (QED) is 0.503. The predicted octanol–water partition coefficient (Wildman–Crippen LogP) is 4.26. The highest BCUT2D eigenvalue weighted by Crippen LogP contribution is 2.45. The molecule has 0 aliphatic carbocycles. The topological polar surface area (TPSA) is 75.4 Å². The van der Waals surface area contributed by atoms with Gasteiger partial charge in [-0.05, 0) is 56.0 Å². The Balaban J connectivity index is 1.41. The number of nitrogens with one attached hydrogen (secondary N) is 1. The monoisotopic (exact) mass is 452 g/mol. The molecule has 1 spiro atoms. The fourth-order valence-corrected chi connectivity index (χ4v) is 5.88. The molecule has 5 heterocycles. The average Bonchev–Trinajstić information content (AvgIpc) is 3.49. The van der Waals surface area contributed by atoms with Crippen LogP contribution in [0.25, 0.3) is 28.2 Å². The maximum absolute atomic E-state index is 12.6. The molecule has 1 aromatic carbocycles. The van der Waals surface area contributed by atoms with Gasteiger partial charge in [-0.1, -0.05) is 30.3 Å². The van der Waals surface area contributed by atoms with Crippen molar-refractivity contribution in [2.45, 2.75) is 44.2 Å². The minimum absolute atomic E-state index is 0.0909. The Kier molecular flexibility index (Phi) is 5.14. The maximum atomic E-state index is 12.6. The van der Waals surface area contributed by atoms with E-state index in [1.165, 1.54) is 0 Å². The number of hydrogen-bond donors (Lipinski definition) is 1. The Morgan fingerprint density at radius 3 is 2.82 bits per heavy atom. The van der Waals surface area contributed by atoms with Crippen molar-refractivity contribution in [2.75, 3.05) is 13.1 Å². The molecule has 2 unspecified atom stereocenters. The molecular weight excluding hydrogens is 424 g/mol. The molecule has 4 aromatic rings. The van der Waals surface area contributed by atoms with Crippen LogP contribution in [0.2, 0.25) is 0 Å². The Hall–Kier alpha value is -3.58. The van der Waals surface area contributed by atoms with E-state index < -0.39 is 0 Å². The second-order valence-electron chi connectivity index (χ2n) is 9.35. The lowest BCUT2D eigenvalue weighted by Gasteiger charge is -2.48. The molecular formula is C27H28N6O. The fourth-order valence-electron chi connectivity index (χ4n) is 5.88. The second-order valence-corrected chi connectivity index (χ2v) is 9.35. The maximum Gasteiger partial charge on any atom is 0.219 e. The molecule has 2 fully saturated rings. The first kappa shape index (κ1) is 21.0. The molecule has 34 heavy (non-hydrogen) atoms. The van der Waals surface area contributed by atoms with Crippen LogP contribution in [-0.2, 0) is 4.79 Å². The first-order chi connectivity index (χ1) is 16.7. The van der Waals surface area contributed by atoms with E-state index >= 15 is 0 Å². The van der Waals surface area contributed by atoms with E-state index in [2.05, 4.69) is 39.6 Å². The molecule has 2 aliphatic heterocycles. The number of fused-ring (bicyclic) bond motifs is 1. The van der Waals surface area contributed by atoms with Crippen molar-refractivity contribution in [1.29, 1.82) is 0 Å². The lowest BCUT2D eigenvalue weighted by molar-refractivity contribution is -0.138. The molecule has 172 valence electrons. The average molecular weight is 453 g/mol. The number of pyridine rings is 1. The SMILES string of the molecule is CC(=O)N1CCCCC12CCNC2c1ccnc(-c2cnn3ccc(-c4ccccc4)nc23)c1. The van der Waals surface area contributed by atoms with Crippen molar-refractivity contribution >= 4 is 11.6 Å². The zero-order valence-corrected chi connectivity index (χ0v) is 19.3. The molecule has 0 saturated carbocycles. The number of likely N-dealkylation sites (tertiary alicyclic amines) is 1. The van der Waals surface area contributed by atoms with Crippen molar-refractivity contribution < 1.29 is 4.79 Å². The van der Waals surface area contributed by atoms with Crippen molar-refractivity contribution in [3.05, 3.63) is 72.7 Å². The van der Waals surface area contributed by atoms with Crippen molar-refractivity contribution in [1.82, 2.24) is 29.8 Å². The summed E-state index contributed by atoms with van der Waals surface area (Å²) in [7, 11) is 0. The molecule has 6 rings (SSSR count). The molecule has 7 nitrogen and oxygen atoms in total. The van der Waals surface area contributed by atoms with E-state index in [4.69, 9.17) is 9.97 Å². The van der Waals surface area contributed by atoms with Crippen LogP contribution in [0.1, 0.15) is 44.2 Å². The Bertz CT molecular complexity index is 1350. The van der Waals surface area contributed by atoms with Crippen LogP contribution < -0.4 is 5.32 Å². The van der Waals surface area contributed by atoms with Crippen LogP contribution in [0.15, 0.2) is 67.1 Å². The summed E-state index contributed by atoms with van der Waals surface area (Å²) in [6, 6.07) is 16.5. The molecule has 1 amide bonds. The summed E-state index contributed by atoms with van der Waals surface area (Å²) >= 11 is 0. The molecule has 2 atom stereocenters. The lowest BCUT2D eigenvalue weighted by Crippen LogP contribution is -2.56. The van der Waals surface area contributed by atoms with Gasteiger partial charge in [-0.25, -0.2) is 9.50 Å². The third-order valence-electron chi connectivity index (χ3n) is 7.43. The minimum atomic E-state index is -0.164. The van der Waals surface area contributed by atoms with Gasteiger partial charge in [0.15, 0.2) is 5.65 Å². The summed E-state index contributed by atoms with van der Waals surface area (Å²) in [6.45, 7) is 3.45.